The molecule has 60 valence electrons. The molecule has 0 bridgehead atoms. The predicted molar refractivity (Wildman–Crippen MR) is 50.1 cm³/mol. The molecular weight excluding hydrogens is 178 g/mol. The van der Waals surface area contributed by atoms with Gasteiger partial charge in [-0.3, -0.25) is 5.41 Å². The lowest BCUT2D eigenvalue weighted by atomic mass is 10.6. The van der Waals surface area contributed by atoms with Crippen LogP contribution in [0.25, 0.3) is 0 Å². The van der Waals surface area contributed by atoms with E-state index in [0.717, 1.165) is 10.8 Å². The number of thiazole rings is 1. The van der Waals surface area contributed by atoms with Crippen LogP contribution in [0.2, 0.25) is 0 Å². The molecule has 0 saturated carbocycles. The Morgan fingerprint density at radius 1 is 1.91 bits per heavy atom. The van der Waals surface area contributed by atoms with E-state index in [2.05, 4.69) is 4.98 Å². The average molecular weight is 187 g/mol. The van der Waals surface area contributed by atoms with Crippen LogP contribution in [0.15, 0.2) is 6.20 Å². The predicted octanol–water partition coefficient (Wildman–Crippen LogP) is 1.58. The highest BCUT2D eigenvalue weighted by Gasteiger charge is 1.98. The van der Waals surface area contributed by atoms with E-state index < -0.39 is 0 Å². The SMILES string of the molecule is Cc1ncc(CSC(=N)N)s1. The summed E-state index contributed by atoms with van der Waals surface area (Å²) in [4.78, 5) is 5.26. The fourth-order valence-corrected chi connectivity index (χ4v) is 2.00. The molecule has 5 heteroatoms. The Hall–Kier alpha value is -0.550. The summed E-state index contributed by atoms with van der Waals surface area (Å²) in [5, 5.41) is 8.20. The maximum absolute atomic E-state index is 6.98. The summed E-state index contributed by atoms with van der Waals surface area (Å²) in [6, 6.07) is 0. The van der Waals surface area contributed by atoms with E-state index >= 15 is 0 Å². The first-order chi connectivity index (χ1) is 5.18. The summed E-state index contributed by atoms with van der Waals surface area (Å²) in [5.74, 6) is 0.765. The summed E-state index contributed by atoms with van der Waals surface area (Å²) in [5.41, 5.74) is 5.18. The number of thioether (sulfide) groups is 1. The molecule has 0 atom stereocenters. The number of hydrogen-bond donors (Lipinski definition) is 2. The van der Waals surface area contributed by atoms with E-state index in [1.165, 1.54) is 16.6 Å². The molecule has 1 heterocycles. The summed E-state index contributed by atoms with van der Waals surface area (Å²) in [6.45, 7) is 1.96. The molecule has 0 fully saturated rings. The van der Waals surface area contributed by atoms with E-state index in [1.54, 1.807) is 11.3 Å². The topological polar surface area (TPSA) is 62.8 Å². The van der Waals surface area contributed by atoms with E-state index in [4.69, 9.17) is 11.1 Å². The molecule has 1 aromatic rings. The first kappa shape index (κ1) is 8.55. The Morgan fingerprint density at radius 3 is 3.09 bits per heavy atom. The maximum Gasteiger partial charge on any atom is 0.151 e. The Morgan fingerprint density at radius 2 is 2.64 bits per heavy atom. The van der Waals surface area contributed by atoms with Crippen molar-refractivity contribution in [2.45, 2.75) is 12.7 Å². The summed E-state index contributed by atoms with van der Waals surface area (Å²) in [7, 11) is 0. The van der Waals surface area contributed by atoms with Crippen LogP contribution in [-0.2, 0) is 5.75 Å². The van der Waals surface area contributed by atoms with Gasteiger partial charge in [0.05, 0.1) is 5.01 Å². The normalized spacial score (nSPS) is 9.91. The van der Waals surface area contributed by atoms with Crippen molar-refractivity contribution < 1.29 is 0 Å². The lowest BCUT2D eigenvalue weighted by molar-refractivity contribution is 1.28. The van der Waals surface area contributed by atoms with Crippen molar-refractivity contribution >= 4 is 28.3 Å². The number of aromatic nitrogens is 1. The number of nitrogens with one attached hydrogen (secondary N) is 1. The van der Waals surface area contributed by atoms with Crippen molar-refractivity contribution in [3.63, 3.8) is 0 Å². The number of rotatable bonds is 2. The van der Waals surface area contributed by atoms with Gasteiger partial charge in [0, 0.05) is 16.8 Å². The van der Waals surface area contributed by atoms with Gasteiger partial charge in [0.15, 0.2) is 5.17 Å². The van der Waals surface area contributed by atoms with Gasteiger partial charge in [0.1, 0.15) is 0 Å². The molecule has 0 radical (unpaired) electrons. The molecule has 0 saturated heterocycles. The molecule has 0 aliphatic carbocycles. The number of aryl methyl sites for hydroxylation is 1. The lowest BCUT2D eigenvalue weighted by Crippen LogP contribution is -2.03. The van der Waals surface area contributed by atoms with Gasteiger partial charge in [0.2, 0.25) is 0 Å². The van der Waals surface area contributed by atoms with Crippen LogP contribution in [0.3, 0.4) is 0 Å². The number of hydrogen-bond acceptors (Lipinski definition) is 4. The molecule has 11 heavy (non-hydrogen) atoms. The zero-order chi connectivity index (χ0) is 8.27. The zero-order valence-electron chi connectivity index (χ0n) is 6.13. The fourth-order valence-electron chi connectivity index (χ4n) is 0.621. The molecule has 1 aromatic heterocycles. The Kier molecular flexibility index (Phi) is 2.90. The fraction of sp³-hybridized carbons (Fsp3) is 0.333. The number of nitrogens with two attached hydrogens (primary N) is 1. The van der Waals surface area contributed by atoms with Crippen LogP contribution in [0.4, 0.5) is 0 Å². The van der Waals surface area contributed by atoms with Gasteiger partial charge in [0.25, 0.3) is 0 Å². The Bertz CT molecular complexity index is 256. The first-order valence-electron chi connectivity index (χ1n) is 3.06. The van der Waals surface area contributed by atoms with Crippen LogP contribution in [-0.4, -0.2) is 10.2 Å². The molecule has 0 spiro atoms. The highest BCUT2D eigenvalue weighted by atomic mass is 32.2. The molecule has 0 aliphatic rings. The number of nitrogens with zero attached hydrogens (tertiary/aromatic N) is 1. The summed E-state index contributed by atoms with van der Waals surface area (Å²) < 4.78 is 0. The Balaban J connectivity index is 2.45. The first-order valence-corrected chi connectivity index (χ1v) is 4.87. The van der Waals surface area contributed by atoms with Gasteiger partial charge in [-0.25, -0.2) is 4.98 Å². The van der Waals surface area contributed by atoms with E-state index in [9.17, 15) is 0 Å². The van der Waals surface area contributed by atoms with Crippen LogP contribution in [0.5, 0.6) is 0 Å². The third-order valence-corrected chi connectivity index (χ3v) is 2.90. The van der Waals surface area contributed by atoms with Gasteiger partial charge >= 0.3 is 0 Å². The smallest absolute Gasteiger partial charge is 0.151 e. The maximum atomic E-state index is 6.98. The van der Waals surface area contributed by atoms with Gasteiger partial charge in [-0.1, -0.05) is 11.8 Å². The molecular formula is C6H9N3S2. The van der Waals surface area contributed by atoms with Gasteiger partial charge < -0.3 is 5.73 Å². The van der Waals surface area contributed by atoms with E-state index in [0.29, 0.717) is 0 Å². The van der Waals surface area contributed by atoms with Gasteiger partial charge in [-0.2, -0.15) is 0 Å². The average Bonchev–Trinajstić information content (AvgIpc) is 2.31. The van der Waals surface area contributed by atoms with Crippen molar-refractivity contribution in [3.05, 3.63) is 16.1 Å². The summed E-state index contributed by atoms with van der Waals surface area (Å²) in [6.07, 6.45) is 1.83. The van der Waals surface area contributed by atoms with Crippen LogP contribution >= 0.6 is 23.1 Å². The van der Waals surface area contributed by atoms with Crippen LogP contribution in [0.1, 0.15) is 9.88 Å². The third-order valence-electron chi connectivity index (χ3n) is 1.04. The van der Waals surface area contributed by atoms with Gasteiger partial charge in [-0.15, -0.1) is 11.3 Å². The molecule has 0 aromatic carbocycles. The second-order valence-corrected chi connectivity index (χ2v) is 4.34. The van der Waals surface area contributed by atoms with Crippen molar-refractivity contribution in [2.24, 2.45) is 5.73 Å². The minimum Gasteiger partial charge on any atom is -0.379 e. The zero-order valence-corrected chi connectivity index (χ0v) is 7.76. The van der Waals surface area contributed by atoms with E-state index in [1.807, 2.05) is 13.1 Å². The second-order valence-electron chi connectivity index (χ2n) is 2.00. The largest absolute Gasteiger partial charge is 0.379 e. The van der Waals surface area contributed by atoms with Crippen LogP contribution in [0, 0.1) is 12.3 Å². The monoisotopic (exact) mass is 187 g/mol. The number of amidine groups is 1. The molecule has 0 unspecified atom stereocenters. The van der Waals surface area contributed by atoms with Crippen molar-refractivity contribution in [3.8, 4) is 0 Å². The summed E-state index contributed by atoms with van der Waals surface area (Å²) >= 11 is 2.97. The molecule has 3 N–H and O–H groups in total. The second kappa shape index (κ2) is 3.73. The van der Waals surface area contributed by atoms with Crippen molar-refractivity contribution in [1.29, 1.82) is 5.41 Å². The lowest BCUT2D eigenvalue weighted by Gasteiger charge is -1.92. The molecule has 0 aliphatic heterocycles. The highest BCUT2D eigenvalue weighted by molar-refractivity contribution is 8.13. The minimum atomic E-state index is 0.163. The molecule has 0 amide bonds. The standard InChI is InChI=1S/C6H9N3S2/c1-4-9-2-5(11-4)3-10-6(7)8/h2H,3H2,1H3,(H3,7,8). The molecule has 1 rings (SSSR count). The minimum absolute atomic E-state index is 0.163. The highest BCUT2D eigenvalue weighted by Crippen LogP contribution is 2.17. The van der Waals surface area contributed by atoms with Crippen LogP contribution < -0.4 is 5.73 Å². The third kappa shape index (κ3) is 2.90. The Labute approximate surface area is 73.5 Å². The van der Waals surface area contributed by atoms with Gasteiger partial charge in [-0.05, 0) is 6.92 Å². The molecule has 3 nitrogen and oxygen atoms in total. The van der Waals surface area contributed by atoms with Crippen molar-refractivity contribution in [1.82, 2.24) is 4.98 Å². The van der Waals surface area contributed by atoms with E-state index in [-0.39, 0.29) is 5.17 Å². The quantitative estimate of drug-likeness (QED) is 0.546. The van der Waals surface area contributed by atoms with Crippen molar-refractivity contribution in [2.75, 3.05) is 0 Å².